The summed E-state index contributed by atoms with van der Waals surface area (Å²) < 4.78 is 38.1. The Balaban J connectivity index is 1.85. The van der Waals surface area contributed by atoms with Crippen molar-refractivity contribution in [2.24, 2.45) is 5.10 Å². The van der Waals surface area contributed by atoms with Gasteiger partial charge in [-0.3, -0.25) is 14.1 Å². The lowest BCUT2D eigenvalue weighted by molar-refractivity contribution is -0.119. The molecule has 9 nitrogen and oxygen atoms in total. The van der Waals surface area contributed by atoms with Gasteiger partial charge in [0.15, 0.2) is 11.5 Å². The Morgan fingerprint density at radius 3 is 2.38 bits per heavy atom. The fraction of sp³-hybridized carbons (Fsp3) is 0.208. The Bertz CT molecular complexity index is 1250. The van der Waals surface area contributed by atoms with Crippen molar-refractivity contribution >= 4 is 27.3 Å². The van der Waals surface area contributed by atoms with Gasteiger partial charge in [0.1, 0.15) is 6.54 Å². The second-order valence-corrected chi connectivity index (χ2v) is 8.92. The summed E-state index contributed by atoms with van der Waals surface area (Å²) >= 11 is 0. The zero-order valence-corrected chi connectivity index (χ0v) is 20.0. The van der Waals surface area contributed by atoms with E-state index in [4.69, 9.17) is 9.47 Å². The molecule has 2 aromatic carbocycles. The number of ether oxygens (including phenoxy) is 2. The molecular weight excluding hydrogens is 456 g/mol. The van der Waals surface area contributed by atoms with E-state index in [2.05, 4.69) is 15.5 Å². The number of benzene rings is 2. The standard InChI is InChI=1S/C24H26N4O5S/c1-4-21(18-12-13-22(32-2)23(15-18)33-3)26-27-24(29)17-28(19-9-8-14-25-16-19)34(30,31)20-10-6-5-7-11-20/h5-16H,4,17H2,1-3H3,(H,27,29)/b26-21-. The fourth-order valence-electron chi connectivity index (χ4n) is 3.20. The molecule has 0 saturated carbocycles. The number of carbonyl (C=O) groups excluding carboxylic acids is 1. The van der Waals surface area contributed by atoms with Crippen LogP contribution in [-0.4, -0.2) is 45.8 Å². The molecule has 0 aliphatic rings. The van der Waals surface area contributed by atoms with E-state index in [-0.39, 0.29) is 10.6 Å². The minimum absolute atomic E-state index is 0.0646. The van der Waals surface area contributed by atoms with Crippen LogP contribution in [0.15, 0.2) is 83.1 Å². The first-order valence-corrected chi connectivity index (χ1v) is 11.9. The van der Waals surface area contributed by atoms with Crippen LogP contribution in [0.1, 0.15) is 18.9 Å². The van der Waals surface area contributed by atoms with Gasteiger partial charge in [0.25, 0.3) is 15.9 Å². The number of rotatable bonds is 10. The molecule has 3 rings (SSSR count). The highest BCUT2D eigenvalue weighted by molar-refractivity contribution is 7.92. The van der Waals surface area contributed by atoms with E-state index in [1.54, 1.807) is 55.6 Å². The highest BCUT2D eigenvalue weighted by atomic mass is 32.2. The summed E-state index contributed by atoms with van der Waals surface area (Å²) in [5, 5.41) is 4.23. The number of amides is 1. The van der Waals surface area contributed by atoms with Gasteiger partial charge >= 0.3 is 0 Å². The van der Waals surface area contributed by atoms with Crippen molar-refractivity contribution in [3.05, 3.63) is 78.6 Å². The van der Waals surface area contributed by atoms with Gasteiger partial charge in [-0.05, 0) is 48.9 Å². The third kappa shape index (κ3) is 5.70. The van der Waals surface area contributed by atoms with E-state index < -0.39 is 22.5 Å². The number of hydrogen-bond donors (Lipinski definition) is 1. The summed E-state index contributed by atoms with van der Waals surface area (Å²) in [6.45, 7) is 1.42. The first kappa shape index (κ1) is 24.7. The lowest BCUT2D eigenvalue weighted by Gasteiger charge is -2.23. The third-order valence-corrected chi connectivity index (χ3v) is 6.71. The summed E-state index contributed by atoms with van der Waals surface area (Å²) in [4.78, 5) is 16.8. The molecule has 1 amide bonds. The van der Waals surface area contributed by atoms with E-state index >= 15 is 0 Å². The Labute approximate surface area is 199 Å². The average Bonchev–Trinajstić information content (AvgIpc) is 2.88. The highest BCUT2D eigenvalue weighted by Crippen LogP contribution is 2.28. The first-order valence-electron chi connectivity index (χ1n) is 10.5. The van der Waals surface area contributed by atoms with Gasteiger partial charge in [-0.15, -0.1) is 0 Å². The molecular formula is C24H26N4O5S. The number of aromatic nitrogens is 1. The predicted octanol–water partition coefficient (Wildman–Crippen LogP) is 3.22. The molecule has 0 aliphatic carbocycles. The topological polar surface area (TPSA) is 110 Å². The number of hydrazone groups is 1. The van der Waals surface area contributed by atoms with E-state index in [1.807, 2.05) is 6.92 Å². The van der Waals surface area contributed by atoms with Crippen molar-refractivity contribution in [2.45, 2.75) is 18.2 Å². The maximum absolute atomic E-state index is 13.3. The number of sulfonamides is 1. The monoisotopic (exact) mass is 482 g/mol. The van der Waals surface area contributed by atoms with Crippen molar-refractivity contribution in [3.8, 4) is 11.5 Å². The van der Waals surface area contributed by atoms with E-state index in [0.29, 0.717) is 23.6 Å². The van der Waals surface area contributed by atoms with Gasteiger partial charge < -0.3 is 9.47 Å². The van der Waals surface area contributed by atoms with Crippen LogP contribution >= 0.6 is 0 Å². The number of methoxy groups -OCH3 is 2. The second kappa shape index (κ2) is 11.3. The Morgan fingerprint density at radius 2 is 1.76 bits per heavy atom. The number of hydrogen-bond acceptors (Lipinski definition) is 7. The van der Waals surface area contributed by atoms with Crippen LogP contribution in [0.4, 0.5) is 5.69 Å². The van der Waals surface area contributed by atoms with Crippen LogP contribution in [-0.2, 0) is 14.8 Å². The smallest absolute Gasteiger partial charge is 0.264 e. The molecule has 0 radical (unpaired) electrons. The molecule has 3 aromatic rings. The van der Waals surface area contributed by atoms with Crippen LogP contribution in [0.5, 0.6) is 11.5 Å². The number of anilines is 1. The number of nitrogens with one attached hydrogen (secondary N) is 1. The molecule has 0 fully saturated rings. The summed E-state index contributed by atoms with van der Waals surface area (Å²) in [6.07, 6.45) is 3.43. The van der Waals surface area contributed by atoms with Gasteiger partial charge in [-0.25, -0.2) is 13.8 Å². The predicted molar refractivity (Wildman–Crippen MR) is 130 cm³/mol. The normalized spacial score (nSPS) is 11.6. The van der Waals surface area contributed by atoms with Crippen molar-refractivity contribution in [1.29, 1.82) is 0 Å². The average molecular weight is 483 g/mol. The van der Waals surface area contributed by atoms with Crippen LogP contribution < -0.4 is 19.2 Å². The highest BCUT2D eigenvalue weighted by Gasteiger charge is 2.27. The molecule has 0 aliphatic heterocycles. The van der Waals surface area contributed by atoms with Crippen LogP contribution in [0.3, 0.4) is 0 Å². The summed E-state index contributed by atoms with van der Waals surface area (Å²) in [6, 6.07) is 16.4. The number of pyridine rings is 1. The molecule has 0 bridgehead atoms. The summed E-state index contributed by atoms with van der Waals surface area (Å²) in [5.41, 5.74) is 4.07. The van der Waals surface area contributed by atoms with E-state index in [0.717, 1.165) is 9.87 Å². The Kier molecular flexibility index (Phi) is 8.20. The quantitative estimate of drug-likeness (QED) is 0.351. The van der Waals surface area contributed by atoms with Gasteiger partial charge in [0.2, 0.25) is 0 Å². The van der Waals surface area contributed by atoms with Crippen LogP contribution in [0.25, 0.3) is 0 Å². The van der Waals surface area contributed by atoms with E-state index in [9.17, 15) is 13.2 Å². The zero-order valence-electron chi connectivity index (χ0n) is 19.1. The van der Waals surface area contributed by atoms with Gasteiger partial charge in [0.05, 0.1) is 36.7 Å². The minimum Gasteiger partial charge on any atom is -0.493 e. The van der Waals surface area contributed by atoms with Gasteiger partial charge in [0, 0.05) is 11.8 Å². The maximum atomic E-state index is 13.3. The summed E-state index contributed by atoms with van der Waals surface area (Å²) in [7, 11) is -0.929. The SMILES string of the molecule is CC/C(=N/NC(=O)CN(c1cccnc1)S(=O)(=O)c1ccccc1)c1ccc(OC)c(OC)c1. The molecule has 1 heterocycles. The molecule has 178 valence electrons. The second-order valence-electron chi connectivity index (χ2n) is 7.05. The molecule has 1 N–H and O–H groups in total. The van der Waals surface area contributed by atoms with Crippen molar-refractivity contribution in [2.75, 3.05) is 25.1 Å². The Morgan fingerprint density at radius 1 is 1.03 bits per heavy atom. The molecule has 10 heteroatoms. The van der Waals surface area contributed by atoms with Crippen molar-refractivity contribution in [3.63, 3.8) is 0 Å². The molecule has 0 saturated heterocycles. The number of nitrogens with zero attached hydrogens (tertiary/aromatic N) is 3. The largest absolute Gasteiger partial charge is 0.493 e. The fourth-order valence-corrected chi connectivity index (χ4v) is 4.62. The molecule has 34 heavy (non-hydrogen) atoms. The van der Waals surface area contributed by atoms with Crippen LogP contribution in [0, 0.1) is 0 Å². The maximum Gasteiger partial charge on any atom is 0.264 e. The van der Waals surface area contributed by atoms with Crippen molar-refractivity contribution < 1.29 is 22.7 Å². The third-order valence-electron chi connectivity index (χ3n) is 4.92. The zero-order chi connectivity index (χ0) is 24.6. The van der Waals surface area contributed by atoms with Gasteiger partial charge in [-0.1, -0.05) is 25.1 Å². The molecule has 1 aromatic heterocycles. The lowest BCUT2D eigenvalue weighted by Crippen LogP contribution is -2.39. The molecule has 0 spiro atoms. The molecule has 0 unspecified atom stereocenters. The van der Waals surface area contributed by atoms with Gasteiger partial charge in [-0.2, -0.15) is 5.10 Å². The van der Waals surface area contributed by atoms with Crippen LogP contribution in [0.2, 0.25) is 0 Å². The van der Waals surface area contributed by atoms with E-state index in [1.165, 1.54) is 31.6 Å². The minimum atomic E-state index is -4.01. The Hall–Kier alpha value is -3.92. The molecule has 0 atom stereocenters. The lowest BCUT2D eigenvalue weighted by atomic mass is 10.1. The van der Waals surface area contributed by atoms with Crippen molar-refractivity contribution in [1.82, 2.24) is 10.4 Å². The number of carbonyl (C=O) groups is 1. The first-order chi connectivity index (χ1) is 16.4. The summed E-state index contributed by atoms with van der Waals surface area (Å²) in [5.74, 6) is 0.503.